The summed E-state index contributed by atoms with van der Waals surface area (Å²) < 4.78 is 9.87. The van der Waals surface area contributed by atoms with Gasteiger partial charge in [-0.05, 0) is 13.8 Å². The van der Waals surface area contributed by atoms with Crippen molar-refractivity contribution in [3.63, 3.8) is 0 Å². The Hall–Kier alpha value is -2.38. The van der Waals surface area contributed by atoms with E-state index in [-0.39, 0.29) is 48.9 Å². The average molecular weight is 370 g/mol. The van der Waals surface area contributed by atoms with Crippen molar-refractivity contribution in [2.75, 3.05) is 13.2 Å². The molecule has 0 spiro atoms. The molecule has 0 unspecified atom stereocenters. The van der Waals surface area contributed by atoms with Crippen molar-refractivity contribution in [2.45, 2.75) is 53.6 Å². The van der Waals surface area contributed by atoms with E-state index in [1.54, 1.807) is 41.5 Å². The number of hydrogen-bond acceptors (Lipinski definition) is 6. The maximum absolute atomic E-state index is 11.5. The van der Waals surface area contributed by atoms with Crippen molar-refractivity contribution < 1.29 is 28.7 Å². The predicted molar refractivity (Wildman–Crippen MR) is 95.9 cm³/mol. The van der Waals surface area contributed by atoms with E-state index < -0.39 is 11.9 Å². The standard InChI is InChI=1S/C18H30N2O6/c1-11(2)17(23)19-13(5)9-25-15(21)7-8-16(22)26-10-14(6)20-18(24)12(3)4/h7-8,11-14H,9-10H2,1-6H3,(H,19,23)(H,20,24)/b8-7+/t13-,14-/m0/s1. The molecule has 0 heterocycles. The van der Waals surface area contributed by atoms with Gasteiger partial charge >= 0.3 is 11.9 Å². The van der Waals surface area contributed by atoms with E-state index in [9.17, 15) is 19.2 Å². The van der Waals surface area contributed by atoms with Crippen LogP contribution in [0.2, 0.25) is 0 Å². The third-order valence-electron chi connectivity index (χ3n) is 3.13. The van der Waals surface area contributed by atoms with Crippen LogP contribution in [0.5, 0.6) is 0 Å². The maximum Gasteiger partial charge on any atom is 0.331 e. The third kappa shape index (κ3) is 11.2. The Bertz CT molecular complexity index is 482. The van der Waals surface area contributed by atoms with Gasteiger partial charge in [0.1, 0.15) is 13.2 Å². The van der Waals surface area contributed by atoms with E-state index in [1.807, 2.05) is 0 Å². The van der Waals surface area contributed by atoms with Crippen LogP contribution in [0.25, 0.3) is 0 Å². The fourth-order valence-corrected chi connectivity index (χ4v) is 1.55. The summed E-state index contributed by atoms with van der Waals surface area (Å²) >= 11 is 0. The van der Waals surface area contributed by atoms with Gasteiger partial charge in [0.15, 0.2) is 0 Å². The second kappa shape index (κ2) is 12.1. The highest BCUT2D eigenvalue weighted by Crippen LogP contribution is 1.96. The minimum atomic E-state index is -0.714. The van der Waals surface area contributed by atoms with E-state index >= 15 is 0 Å². The van der Waals surface area contributed by atoms with Gasteiger partial charge in [0, 0.05) is 24.0 Å². The van der Waals surface area contributed by atoms with E-state index in [0.717, 1.165) is 12.2 Å². The van der Waals surface area contributed by atoms with Crippen molar-refractivity contribution in [1.82, 2.24) is 10.6 Å². The quantitative estimate of drug-likeness (QED) is 0.437. The molecule has 0 saturated carbocycles. The lowest BCUT2D eigenvalue weighted by Crippen LogP contribution is -2.38. The lowest BCUT2D eigenvalue weighted by atomic mass is 10.2. The topological polar surface area (TPSA) is 111 Å². The van der Waals surface area contributed by atoms with Crippen LogP contribution in [0, 0.1) is 11.8 Å². The van der Waals surface area contributed by atoms with E-state index in [1.165, 1.54) is 0 Å². The van der Waals surface area contributed by atoms with E-state index in [0.29, 0.717) is 0 Å². The van der Waals surface area contributed by atoms with Crippen molar-refractivity contribution in [3.05, 3.63) is 12.2 Å². The smallest absolute Gasteiger partial charge is 0.331 e. The molecule has 2 amide bonds. The Morgan fingerprint density at radius 1 is 0.692 bits per heavy atom. The molecule has 0 aliphatic carbocycles. The summed E-state index contributed by atoms with van der Waals surface area (Å²) in [5, 5.41) is 5.38. The molecule has 0 saturated heterocycles. The highest BCUT2D eigenvalue weighted by Gasteiger charge is 2.13. The molecule has 0 aromatic carbocycles. The second-order valence-corrected chi connectivity index (χ2v) is 6.72. The van der Waals surface area contributed by atoms with Crippen LogP contribution in [-0.2, 0) is 28.7 Å². The third-order valence-corrected chi connectivity index (χ3v) is 3.13. The molecule has 0 fully saturated rings. The summed E-state index contributed by atoms with van der Waals surface area (Å²) in [6.45, 7) is 10.4. The molecular weight excluding hydrogens is 340 g/mol. The van der Waals surface area contributed by atoms with Crippen LogP contribution >= 0.6 is 0 Å². The fourth-order valence-electron chi connectivity index (χ4n) is 1.55. The Kier molecular flexibility index (Phi) is 10.9. The normalized spacial score (nSPS) is 13.4. The molecule has 8 heteroatoms. The van der Waals surface area contributed by atoms with Crippen LogP contribution < -0.4 is 10.6 Å². The minimum absolute atomic E-state index is 0.00501. The Morgan fingerprint density at radius 2 is 1.00 bits per heavy atom. The summed E-state index contributed by atoms with van der Waals surface area (Å²) in [5.74, 6) is -2.01. The maximum atomic E-state index is 11.5. The molecule has 2 atom stereocenters. The SMILES string of the molecule is CC(C)C(=O)N[C@@H](C)COC(=O)/C=C/C(=O)OC[C@H](C)NC(=O)C(C)C. The van der Waals surface area contributed by atoms with Gasteiger partial charge < -0.3 is 20.1 Å². The molecule has 148 valence electrons. The van der Waals surface area contributed by atoms with Gasteiger partial charge in [0.05, 0.1) is 12.1 Å². The fraction of sp³-hybridized carbons (Fsp3) is 0.667. The minimum Gasteiger partial charge on any atom is -0.460 e. The van der Waals surface area contributed by atoms with Crippen LogP contribution in [0.15, 0.2) is 12.2 Å². The lowest BCUT2D eigenvalue weighted by molar-refractivity contribution is -0.141. The number of esters is 2. The first-order valence-electron chi connectivity index (χ1n) is 8.65. The zero-order chi connectivity index (χ0) is 20.3. The van der Waals surface area contributed by atoms with Gasteiger partial charge in [-0.2, -0.15) is 0 Å². The van der Waals surface area contributed by atoms with Gasteiger partial charge in [-0.1, -0.05) is 27.7 Å². The van der Waals surface area contributed by atoms with Crippen molar-refractivity contribution in [2.24, 2.45) is 11.8 Å². The first kappa shape index (κ1) is 23.6. The molecule has 0 aliphatic rings. The first-order chi connectivity index (χ1) is 12.0. The van der Waals surface area contributed by atoms with Gasteiger partial charge in [0.25, 0.3) is 0 Å². The Labute approximate surface area is 154 Å². The van der Waals surface area contributed by atoms with Crippen LogP contribution in [0.4, 0.5) is 0 Å². The van der Waals surface area contributed by atoms with Crippen LogP contribution in [0.1, 0.15) is 41.5 Å². The number of amides is 2. The molecule has 2 N–H and O–H groups in total. The Morgan fingerprint density at radius 3 is 1.27 bits per heavy atom. The zero-order valence-electron chi connectivity index (χ0n) is 16.3. The number of carbonyl (C=O) groups is 4. The van der Waals surface area contributed by atoms with Gasteiger partial charge in [0.2, 0.25) is 11.8 Å². The second-order valence-electron chi connectivity index (χ2n) is 6.72. The summed E-state index contributed by atoms with van der Waals surface area (Å²) in [5.41, 5.74) is 0. The summed E-state index contributed by atoms with van der Waals surface area (Å²) in [6.07, 6.45) is 1.91. The lowest BCUT2D eigenvalue weighted by Gasteiger charge is -2.15. The van der Waals surface area contributed by atoms with Crippen molar-refractivity contribution in [3.8, 4) is 0 Å². The number of nitrogens with one attached hydrogen (secondary N) is 2. The van der Waals surface area contributed by atoms with Gasteiger partial charge in [-0.25, -0.2) is 9.59 Å². The van der Waals surface area contributed by atoms with Gasteiger partial charge in [-0.3, -0.25) is 9.59 Å². The molecule has 0 aliphatic heterocycles. The largest absolute Gasteiger partial charge is 0.460 e. The zero-order valence-corrected chi connectivity index (χ0v) is 16.3. The van der Waals surface area contributed by atoms with E-state index in [2.05, 4.69) is 10.6 Å². The van der Waals surface area contributed by atoms with Crippen molar-refractivity contribution in [1.29, 1.82) is 0 Å². The number of ether oxygens (including phenoxy) is 2. The molecule has 8 nitrogen and oxygen atoms in total. The molecule has 0 aromatic rings. The molecule has 0 bridgehead atoms. The van der Waals surface area contributed by atoms with Crippen molar-refractivity contribution >= 4 is 23.8 Å². The Balaban J connectivity index is 4.10. The molecule has 0 rings (SSSR count). The van der Waals surface area contributed by atoms with E-state index in [4.69, 9.17) is 9.47 Å². The van der Waals surface area contributed by atoms with Gasteiger partial charge in [-0.15, -0.1) is 0 Å². The monoisotopic (exact) mass is 370 g/mol. The molecular formula is C18H30N2O6. The first-order valence-corrected chi connectivity index (χ1v) is 8.65. The highest BCUT2D eigenvalue weighted by molar-refractivity contribution is 5.91. The molecule has 26 heavy (non-hydrogen) atoms. The summed E-state index contributed by atoms with van der Waals surface area (Å²) in [4.78, 5) is 46.1. The number of carbonyl (C=O) groups excluding carboxylic acids is 4. The number of rotatable bonds is 10. The highest BCUT2D eigenvalue weighted by atomic mass is 16.5. The van der Waals surface area contributed by atoms with Crippen LogP contribution in [-0.4, -0.2) is 49.1 Å². The summed E-state index contributed by atoms with van der Waals surface area (Å²) in [7, 11) is 0. The summed E-state index contributed by atoms with van der Waals surface area (Å²) in [6, 6.07) is -0.667. The molecule has 0 radical (unpaired) electrons. The molecule has 0 aromatic heterocycles. The predicted octanol–water partition coefficient (Wildman–Crippen LogP) is 0.950. The number of hydrogen-bond donors (Lipinski definition) is 2. The van der Waals surface area contributed by atoms with Crippen LogP contribution in [0.3, 0.4) is 0 Å². The average Bonchev–Trinajstić information content (AvgIpc) is 2.55.